The average molecular weight is 699 g/mol. The van der Waals surface area contributed by atoms with E-state index < -0.39 is 26.6 Å². The lowest BCUT2D eigenvalue weighted by molar-refractivity contribution is -0.870. The number of nitrogens with zero attached hydrogens (tertiary/aromatic N) is 1. The molecule has 0 spiro atoms. The molecule has 48 heavy (non-hydrogen) atoms. The number of carbonyl (C=O) groups excluding carboxylic acids is 1. The van der Waals surface area contributed by atoms with Crippen LogP contribution in [0.3, 0.4) is 0 Å². The van der Waals surface area contributed by atoms with Crippen molar-refractivity contribution < 1.29 is 32.9 Å². The zero-order valence-electron chi connectivity index (χ0n) is 31.7. The van der Waals surface area contributed by atoms with Crippen LogP contribution in [0.1, 0.15) is 155 Å². The summed E-state index contributed by atoms with van der Waals surface area (Å²) in [7, 11) is 1.23. The van der Waals surface area contributed by atoms with E-state index in [2.05, 4.69) is 43.5 Å². The third-order valence-electron chi connectivity index (χ3n) is 8.32. The second-order valence-corrected chi connectivity index (χ2v) is 15.7. The van der Waals surface area contributed by atoms with Gasteiger partial charge in [0.15, 0.2) is 0 Å². The van der Waals surface area contributed by atoms with E-state index in [-0.39, 0.29) is 12.5 Å². The van der Waals surface area contributed by atoms with Crippen molar-refractivity contribution >= 4 is 13.7 Å². The standard InChI is InChI=1S/C39H75N2O6P/c1-6-8-10-12-14-16-18-19-20-21-22-23-24-26-28-30-32-38(42)37(36-47-48(44,45)46-35-34-41(3,4)5)40-39(43)33-31-29-27-25-17-15-13-11-9-7-2/h13,15,23-24,30,32,37-38,42H,6-12,14,16-22,25-29,31,33-36H2,1-5H3,(H-,40,43,44,45)/b15-13-,24-23+,32-30+. The number of amides is 1. The zero-order valence-corrected chi connectivity index (χ0v) is 32.6. The maximum atomic E-state index is 12.7. The van der Waals surface area contributed by atoms with Crippen molar-refractivity contribution in [1.29, 1.82) is 0 Å². The fourth-order valence-corrected chi connectivity index (χ4v) is 5.87. The number of phosphoric ester groups is 1. The Bertz CT molecular complexity index is 886. The molecule has 0 saturated heterocycles. The van der Waals surface area contributed by atoms with Gasteiger partial charge in [-0.25, -0.2) is 0 Å². The van der Waals surface area contributed by atoms with E-state index in [1.807, 2.05) is 27.2 Å². The van der Waals surface area contributed by atoms with Gasteiger partial charge in [-0.15, -0.1) is 0 Å². The molecule has 0 aliphatic rings. The Morgan fingerprint density at radius 2 is 1.19 bits per heavy atom. The summed E-state index contributed by atoms with van der Waals surface area (Å²) in [5.41, 5.74) is 0. The highest BCUT2D eigenvalue weighted by Gasteiger charge is 2.23. The van der Waals surface area contributed by atoms with Gasteiger partial charge in [0.05, 0.1) is 39.9 Å². The molecule has 9 heteroatoms. The fourth-order valence-electron chi connectivity index (χ4n) is 5.15. The van der Waals surface area contributed by atoms with Gasteiger partial charge in [0.1, 0.15) is 13.2 Å². The van der Waals surface area contributed by atoms with Gasteiger partial charge in [0.25, 0.3) is 7.82 Å². The molecule has 0 aromatic heterocycles. The van der Waals surface area contributed by atoms with E-state index in [4.69, 9.17) is 9.05 Å². The summed E-state index contributed by atoms with van der Waals surface area (Å²) in [6, 6.07) is -0.904. The molecule has 0 fully saturated rings. The minimum Gasteiger partial charge on any atom is -0.756 e. The first-order valence-electron chi connectivity index (χ1n) is 19.4. The van der Waals surface area contributed by atoms with E-state index in [0.717, 1.165) is 57.8 Å². The summed E-state index contributed by atoms with van der Waals surface area (Å²) < 4.78 is 23.0. The maximum absolute atomic E-state index is 12.7. The van der Waals surface area contributed by atoms with E-state index in [0.29, 0.717) is 17.4 Å². The van der Waals surface area contributed by atoms with Crippen LogP contribution in [-0.2, 0) is 18.4 Å². The summed E-state index contributed by atoms with van der Waals surface area (Å²) >= 11 is 0. The van der Waals surface area contributed by atoms with Crippen LogP contribution in [0.25, 0.3) is 0 Å². The molecule has 0 bridgehead atoms. The van der Waals surface area contributed by atoms with Gasteiger partial charge in [-0.2, -0.15) is 0 Å². The highest BCUT2D eigenvalue weighted by molar-refractivity contribution is 7.45. The summed E-state index contributed by atoms with van der Waals surface area (Å²) in [5.74, 6) is -0.225. The first kappa shape index (κ1) is 46.7. The molecule has 0 rings (SSSR count). The van der Waals surface area contributed by atoms with Crippen LogP contribution < -0.4 is 10.2 Å². The van der Waals surface area contributed by atoms with Gasteiger partial charge in [-0.3, -0.25) is 9.36 Å². The highest BCUT2D eigenvalue weighted by atomic mass is 31.2. The van der Waals surface area contributed by atoms with Crippen molar-refractivity contribution in [3.05, 3.63) is 36.5 Å². The minimum atomic E-state index is -4.59. The molecule has 8 nitrogen and oxygen atoms in total. The number of aliphatic hydroxyl groups is 1. The number of aliphatic hydroxyl groups excluding tert-OH is 1. The Balaban J connectivity index is 4.59. The number of likely N-dealkylation sites (N-methyl/N-ethyl adjacent to an activating group) is 1. The quantitative estimate of drug-likeness (QED) is 0.0300. The third kappa shape index (κ3) is 33.2. The Morgan fingerprint density at radius 3 is 1.75 bits per heavy atom. The fraction of sp³-hybridized carbons (Fsp3) is 0.821. The number of rotatable bonds is 34. The molecule has 0 saturated carbocycles. The number of nitrogens with one attached hydrogen (secondary N) is 1. The van der Waals surface area contributed by atoms with Crippen molar-refractivity contribution in [3.8, 4) is 0 Å². The van der Waals surface area contributed by atoms with Crippen molar-refractivity contribution in [2.75, 3.05) is 40.9 Å². The van der Waals surface area contributed by atoms with Crippen LogP contribution in [0, 0.1) is 0 Å². The van der Waals surface area contributed by atoms with Crippen LogP contribution in [0.5, 0.6) is 0 Å². The Labute approximate surface area is 296 Å². The molecule has 0 aliphatic carbocycles. The van der Waals surface area contributed by atoms with Crippen molar-refractivity contribution in [2.45, 2.75) is 167 Å². The summed E-state index contributed by atoms with van der Waals surface area (Å²) in [4.78, 5) is 25.1. The lowest BCUT2D eigenvalue weighted by atomic mass is 10.1. The lowest BCUT2D eigenvalue weighted by Crippen LogP contribution is -2.45. The molecule has 0 aromatic rings. The second kappa shape index (κ2) is 31.7. The van der Waals surface area contributed by atoms with Gasteiger partial charge in [-0.05, 0) is 51.4 Å². The minimum absolute atomic E-state index is 0.00893. The van der Waals surface area contributed by atoms with Crippen LogP contribution >= 0.6 is 7.82 Å². The molecule has 0 aromatic carbocycles. The summed E-state index contributed by atoms with van der Waals surface area (Å²) in [6.07, 6.45) is 36.2. The Morgan fingerprint density at radius 1 is 0.708 bits per heavy atom. The van der Waals surface area contributed by atoms with E-state index >= 15 is 0 Å². The number of allylic oxidation sites excluding steroid dienone is 5. The molecule has 2 N–H and O–H groups in total. The molecular weight excluding hydrogens is 623 g/mol. The first-order chi connectivity index (χ1) is 23.0. The SMILES string of the molecule is CCCC/C=C\CCCCCCC(=O)NC(COP(=O)([O-])OCC[N+](C)(C)C)C(O)/C=C/CC/C=C/CCCCCCCCCCCC. The van der Waals surface area contributed by atoms with Gasteiger partial charge < -0.3 is 28.8 Å². The molecule has 3 atom stereocenters. The molecule has 3 unspecified atom stereocenters. The topological polar surface area (TPSA) is 108 Å². The number of phosphoric acid groups is 1. The second-order valence-electron chi connectivity index (χ2n) is 14.3. The lowest BCUT2D eigenvalue weighted by Gasteiger charge is -2.29. The molecule has 0 aliphatic heterocycles. The Hall–Kier alpha value is -1.28. The monoisotopic (exact) mass is 699 g/mol. The average Bonchev–Trinajstić information content (AvgIpc) is 3.02. The largest absolute Gasteiger partial charge is 0.756 e. The number of hydrogen-bond donors (Lipinski definition) is 2. The number of unbranched alkanes of at least 4 members (excludes halogenated alkanes) is 17. The number of hydrogen-bond acceptors (Lipinski definition) is 6. The van der Waals surface area contributed by atoms with Gasteiger partial charge in [0, 0.05) is 6.42 Å². The smallest absolute Gasteiger partial charge is 0.268 e. The van der Waals surface area contributed by atoms with Crippen molar-refractivity contribution in [2.24, 2.45) is 0 Å². The van der Waals surface area contributed by atoms with E-state index in [9.17, 15) is 19.4 Å². The van der Waals surface area contributed by atoms with E-state index in [1.54, 1.807) is 6.08 Å². The normalized spacial score (nSPS) is 15.1. The third-order valence-corrected chi connectivity index (χ3v) is 9.29. The maximum Gasteiger partial charge on any atom is 0.268 e. The molecule has 0 radical (unpaired) electrons. The molecule has 282 valence electrons. The van der Waals surface area contributed by atoms with E-state index in [1.165, 1.54) is 77.0 Å². The molecule has 0 heterocycles. The first-order valence-corrected chi connectivity index (χ1v) is 20.8. The van der Waals surface area contributed by atoms with Crippen LogP contribution in [0.4, 0.5) is 0 Å². The summed E-state index contributed by atoms with van der Waals surface area (Å²) in [6.45, 7) is 4.54. The zero-order chi connectivity index (χ0) is 35.8. The molecule has 1 amide bonds. The Kier molecular flexibility index (Phi) is 30.8. The number of quaternary nitrogens is 1. The van der Waals surface area contributed by atoms with Crippen LogP contribution in [0.15, 0.2) is 36.5 Å². The predicted molar refractivity (Wildman–Crippen MR) is 201 cm³/mol. The highest BCUT2D eigenvalue weighted by Crippen LogP contribution is 2.38. The van der Waals surface area contributed by atoms with Crippen LogP contribution in [0.2, 0.25) is 0 Å². The number of carbonyl (C=O) groups is 1. The predicted octanol–water partition coefficient (Wildman–Crippen LogP) is 9.33. The van der Waals surface area contributed by atoms with Gasteiger partial charge in [0.2, 0.25) is 5.91 Å². The van der Waals surface area contributed by atoms with Crippen molar-refractivity contribution in [1.82, 2.24) is 5.32 Å². The van der Waals surface area contributed by atoms with Gasteiger partial charge >= 0.3 is 0 Å². The molecular formula is C39H75N2O6P. The van der Waals surface area contributed by atoms with Crippen molar-refractivity contribution in [3.63, 3.8) is 0 Å². The van der Waals surface area contributed by atoms with Gasteiger partial charge in [-0.1, -0.05) is 134 Å². The van der Waals surface area contributed by atoms with Crippen LogP contribution in [-0.4, -0.2) is 68.5 Å². The summed E-state index contributed by atoms with van der Waals surface area (Å²) in [5, 5.41) is 13.7.